The quantitative estimate of drug-likeness (QED) is 0.804. The molecule has 1 saturated heterocycles. The highest BCUT2D eigenvalue weighted by Gasteiger charge is 2.25. The summed E-state index contributed by atoms with van der Waals surface area (Å²) in [7, 11) is 0. The van der Waals surface area contributed by atoms with Crippen molar-refractivity contribution in [3.8, 4) is 5.69 Å². The predicted molar refractivity (Wildman–Crippen MR) is 89.4 cm³/mol. The lowest BCUT2D eigenvalue weighted by molar-refractivity contribution is -0.130. The third-order valence-electron chi connectivity index (χ3n) is 3.99. The van der Waals surface area contributed by atoms with Crippen LogP contribution < -0.4 is 0 Å². The number of tetrazole rings is 1. The molecule has 6 nitrogen and oxygen atoms in total. The van der Waals surface area contributed by atoms with Crippen molar-refractivity contribution < 1.29 is 4.79 Å². The normalized spacial score (nSPS) is 21.4. The lowest BCUT2D eigenvalue weighted by atomic mass is 9.92. The Bertz CT molecular complexity index is 650. The zero-order chi connectivity index (χ0) is 16.2. The molecule has 0 N–H and O–H groups in total. The second-order valence-electron chi connectivity index (χ2n) is 6.24. The number of thioether (sulfide) groups is 1. The molecule has 0 bridgehead atoms. The number of carbonyl (C=O) groups is 1. The summed E-state index contributed by atoms with van der Waals surface area (Å²) >= 11 is 1.39. The van der Waals surface area contributed by atoms with Gasteiger partial charge in [0.2, 0.25) is 11.1 Å². The van der Waals surface area contributed by atoms with Gasteiger partial charge in [-0.1, -0.05) is 43.8 Å². The molecule has 1 aromatic carbocycles. The Kier molecular flexibility index (Phi) is 4.95. The van der Waals surface area contributed by atoms with E-state index in [1.807, 2.05) is 35.2 Å². The highest BCUT2D eigenvalue weighted by Crippen LogP contribution is 2.23. The zero-order valence-electron chi connectivity index (χ0n) is 13.4. The summed E-state index contributed by atoms with van der Waals surface area (Å²) in [5, 5.41) is 12.4. The zero-order valence-corrected chi connectivity index (χ0v) is 14.2. The maximum absolute atomic E-state index is 12.5. The molecule has 1 fully saturated rings. The molecule has 1 amide bonds. The average Bonchev–Trinajstić information content (AvgIpc) is 3.01. The van der Waals surface area contributed by atoms with Gasteiger partial charge in [-0.25, -0.2) is 0 Å². The van der Waals surface area contributed by atoms with Crippen molar-refractivity contribution in [3.63, 3.8) is 0 Å². The number of piperidine rings is 1. The highest BCUT2D eigenvalue weighted by atomic mass is 32.2. The van der Waals surface area contributed by atoms with Crippen LogP contribution in [0.5, 0.6) is 0 Å². The van der Waals surface area contributed by atoms with E-state index in [-0.39, 0.29) is 5.91 Å². The minimum Gasteiger partial charge on any atom is -0.341 e. The molecule has 0 aliphatic carbocycles. The van der Waals surface area contributed by atoms with E-state index >= 15 is 0 Å². The summed E-state index contributed by atoms with van der Waals surface area (Å²) in [5.41, 5.74) is 0.896. The van der Waals surface area contributed by atoms with E-state index in [1.54, 1.807) is 4.68 Å². The molecule has 0 unspecified atom stereocenters. The van der Waals surface area contributed by atoms with Crippen LogP contribution in [0.25, 0.3) is 5.69 Å². The molecule has 1 aromatic heterocycles. The number of nitrogens with zero attached hydrogens (tertiary/aromatic N) is 5. The molecular weight excluding hydrogens is 310 g/mol. The fourth-order valence-corrected chi connectivity index (χ4v) is 3.88. The number of aromatic nitrogens is 4. The van der Waals surface area contributed by atoms with Gasteiger partial charge in [0.05, 0.1) is 11.4 Å². The summed E-state index contributed by atoms with van der Waals surface area (Å²) in [5.74, 6) is 1.67. The Morgan fingerprint density at radius 3 is 2.61 bits per heavy atom. The van der Waals surface area contributed by atoms with Crippen LogP contribution >= 0.6 is 11.8 Å². The maximum Gasteiger partial charge on any atom is 0.233 e. The van der Waals surface area contributed by atoms with Crippen LogP contribution in [0.3, 0.4) is 0 Å². The number of carbonyl (C=O) groups excluding carboxylic acids is 1. The Balaban J connectivity index is 1.63. The van der Waals surface area contributed by atoms with Crippen molar-refractivity contribution in [1.29, 1.82) is 0 Å². The highest BCUT2D eigenvalue weighted by molar-refractivity contribution is 7.99. The standard InChI is InChI=1S/C16H21N5OS/c1-12-8-13(2)10-20(9-12)15(22)11-23-16-17-18-19-21(16)14-6-4-3-5-7-14/h3-7,12-13H,8-11H2,1-2H3/t12-,13-/m0/s1. The number of rotatable bonds is 4. The molecule has 2 aromatic rings. The number of likely N-dealkylation sites (tertiary alicyclic amines) is 1. The van der Waals surface area contributed by atoms with Crippen molar-refractivity contribution in [2.45, 2.75) is 25.4 Å². The number of hydrogen-bond donors (Lipinski definition) is 0. The van der Waals surface area contributed by atoms with Crippen LogP contribution in [-0.2, 0) is 4.79 Å². The molecule has 1 aliphatic rings. The molecule has 0 saturated carbocycles. The molecule has 0 spiro atoms. The van der Waals surface area contributed by atoms with Crippen molar-refractivity contribution in [2.24, 2.45) is 11.8 Å². The van der Waals surface area contributed by atoms with Gasteiger partial charge in [0.1, 0.15) is 0 Å². The summed E-state index contributed by atoms with van der Waals surface area (Å²) < 4.78 is 1.67. The minimum absolute atomic E-state index is 0.163. The molecule has 2 atom stereocenters. The van der Waals surface area contributed by atoms with E-state index in [1.165, 1.54) is 18.2 Å². The van der Waals surface area contributed by atoms with Gasteiger partial charge in [-0.15, -0.1) is 5.10 Å². The first-order chi connectivity index (χ1) is 11.1. The second kappa shape index (κ2) is 7.12. The van der Waals surface area contributed by atoms with Gasteiger partial charge in [0.25, 0.3) is 0 Å². The van der Waals surface area contributed by atoms with E-state index in [2.05, 4.69) is 29.4 Å². The number of hydrogen-bond acceptors (Lipinski definition) is 5. The predicted octanol–water partition coefficient (Wildman–Crippen LogP) is 2.26. The van der Waals surface area contributed by atoms with Crippen LogP contribution in [0.2, 0.25) is 0 Å². The first-order valence-corrected chi connectivity index (χ1v) is 8.86. The van der Waals surface area contributed by atoms with Crippen molar-refractivity contribution in [1.82, 2.24) is 25.1 Å². The van der Waals surface area contributed by atoms with Crippen LogP contribution in [0.4, 0.5) is 0 Å². The first-order valence-electron chi connectivity index (χ1n) is 7.88. The van der Waals surface area contributed by atoms with Gasteiger partial charge in [-0.3, -0.25) is 4.79 Å². The lowest BCUT2D eigenvalue weighted by Crippen LogP contribution is -2.43. The Hall–Kier alpha value is -1.89. The fraction of sp³-hybridized carbons (Fsp3) is 0.500. The summed E-state index contributed by atoms with van der Waals surface area (Å²) in [6.45, 7) is 6.12. The van der Waals surface area contributed by atoms with Gasteiger partial charge >= 0.3 is 0 Å². The molecule has 122 valence electrons. The largest absolute Gasteiger partial charge is 0.341 e. The molecule has 2 heterocycles. The van der Waals surface area contributed by atoms with E-state index in [0.29, 0.717) is 22.7 Å². The van der Waals surface area contributed by atoms with Crippen LogP contribution in [0, 0.1) is 11.8 Å². The van der Waals surface area contributed by atoms with Crippen molar-refractivity contribution in [3.05, 3.63) is 30.3 Å². The lowest BCUT2D eigenvalue weighted by Gasteiger charge is -2.34. The average molecular weight is 331 g/mol. The Morgan fingerprint density at radius 1 is 1.22 bits per heavy atom. The van der Waals surface area contributed by atoms with Gasteiger partial charge in [0.15, 0.2) is 0 Å². The van der Waals surface area contributed by atoms with Crippen molar-refractivity contribution >= 4 is 17.7 Å². The molecule has 1 aliphatic heterocycles. The van der Waals surface area contributed by atoms with Crippen LogP contribution in [-0.4, -0.2) is 49.9 Å². The Morgan fingerprint density at radius 2 is 1.91 bits per heavy atom. The first kappa shape index (κ1) is 16.0. The topological polar surface area (TPSA) is 63.9 Å². The minimum atomic E-state index is 0.163. The van der Waals surface area contributed by atoms with Gasteiger partial charge in [0, 0.05) is 13.1 Å². The molecule has 7 heteroatoms. The summed E-state index contributed by atoms with van der Waals surface area (Å²) in [6.07, 6.45) is 1.20. The van der Waals surface area contributed by atoms with E-state index in [0.717, 1.165) is 18.8 Å². The van der Waals surface area contributed by atoms with Gasteiger partial charge < -0.3 is 4.90 Å². The number of benzene rings is 1. The van der Waals surface area contributed by atoms with E-state index in [9.17, 15) is 4.79 Å². The third kappa shape index (κ3) is 3.90. The second-order valence-corrected chi connectivity index (χ2v) is 7.18. The Labute approximate surface area is 140 Å². The van der Waals surface area contributed by atoms with Crippen molar-refractivity contribution in [2.75, 3.05) is 18.8 Å². The molecule has 0 radical (unpaired) electrons. The van der Waals surface area contributed by atoms with Crippen LogP contribution in [0.1, 0.15) is 20.3 Å². The van der Waals surface area contributed by atoms with Gasteiger partial charge in [-0.05, 0) is 40.8 Å². The van der Waals surface area contributed by atoms with E-state index in [4.69, 9.17) is 0 Å². The van der Waals surface area contributed by atoms with Gasteiger partial charge in [-0.2, -0.15) is 4.68 Å². The van der Waals surface area contributed by atoms with Crippen LogP contribution in [0.15, 0.2) is 35.5 Å². The monoisotopic (exact) mass is 331 g/mol. The maximum atomic E-state index is 12.5. The summed E-state index contributed by atoms with van der Waals surface area (Å²) in [6, 6.07) is 9.70. The van der Waals surface area contributed by atoms with E-state index < -0.39 is 0 Å². The third-order valence-corrected chi connectivity index (χ3v) is 4.89. The SMILES string of the molecule is C[C@H]1C[C@H](C)CN(C(=O)CSc2nnnn2-c2ccccc2)C1. The smallest absolute Gasteiger partial charge is 0.233 e. The molecule has 3 rings (SSSR count). The molecular formula is C16H21N5OS. The number of amides is 1. The summed E-state index contributed by atoms with van der Waals surface area (Å²) in [4.78, 5) is 14.4. The molecule has 23 heavy (non-hydrogen) atoms. The number of para-hydroxylation sites is 1. The fourth-order valence-electron chi connectivity index (χ4n) is 3.08.